The second-order valence-electron chi connectivity index (χ2n) is 7.55. The first-order valence-electron chi connectivity index (χ1n) is 9.80. The highest BCUT2D eigenvalue weighted by Crippen LogP contribution is 2.38. The molecule has 1 fully saturated rings. The number of aliphatic hydroxyl groups is 1. The molecule has 0 saturated heterocycles. The van der Waals surface area contributed by atoms with Crippen LogP contribution in [0.2, 0.25) is 0 Å². The topological polar surface area (TPSA) is 96.7 Å². The Morgan fingerprint density at radius 2 is 2.00 bits per heavy atom. The number of aromatic hydroxyl groups is 1. The predicted molar refractivity (Wildman–Crippen MR) is 101 cm³/mol. The summed E-state index contributed by atoms with van der Waals surface area (Å²) in [5.74, 6) is -0.317. The molecule has 1 aromatic heterocycles. The lowest BCUT2D eigenvalue weighted by Gasteiger charge is -2.29. The number of benzene rings is 1. The van der Waals surface area contributed by atoms with Crippen molar-refractivity contribution in [1.82, 2.24) is 10.2 Å². The number of nitrogens with one attached hydrogen (secondary N) is 1. The normalized spacial score (nSPS) is 21.7. The van der Waals surface area contributed by atoms with Gasteiger partial charge in [0.2, 0.25) is 0 Å². The number of aliphatic hydroxyl groups excluding tert-OH is 1. The van der Waals surface area contributed by atoms with E-state index in [1.54, 1.807) is 0 Å². The fourth-order valence-electron chi connectivity index (χ4n) is 4.01. The SMILES string of the molecule is Oc1cc(OC(F)(F)F)ccc1-c1nnc(N[C@@H]2CCC[C@H](O)C2)c2c1CCOC2. The summed E-state index contributed by atoms with van der Waals surface area (Å²) in [5, 5.41) is 32.1. The van der Waals surface area contributed by atoms with Crippen molar-refractivity contribution < 1.29 is 32.9 Å². The van der Waals surface area contributed by atoms with E-state index in [9.17, 15) is 23.4 Å². The maximum Gasteiger partial charge on any atom is 0.573 e. The maximum absolute atomic E-state index is 12.4. The molecule has 4 rings (SSSR count). The number of hydrogen-bond acceptors (Lipinski definition) is 7. The molecule has 10 heteroatoms. The number of fused-ring (bicyclic) bond motifs is 1. The Labute approximate surface area is 170 Å². The number of alkyl halides is 3. The number of halogens is 3. The van der Waals surface area contributed by atoms with Crippen molar-refractivity contribution in [2.45, 2.75) is 57.2 Å². The van der Waals surface area contributed by atoms with Crippen LogP contribution in [0.1, 0.15) is 36.8 Å². The van der Waals surface area contributed by atoms with E-state index in [4.69, 9.17) is 4.74 Å². The standard InChI is InChI=1S/C20H22F3N3O4/c21-20(22,23)30-13-4-5-15(17(28)9-13)18-14-6-7-29-10-16(14)19(26-25-18)24-11-2-1-3-12(27)8-11/h4-5,9,11-12,27-28H,1-3,6-8,10H2,(H,24,26)/t11-,12+/m1/s1. The van der Waals surface area contributed by atoms with Gasteiger partial charge in [0.15, 0.2) is 5.82 Å². The van der Waals surface area contributed by atoms with Crippen molar-refractivity contribution in [2.75, 3.05) is 11.9 Å². The highest BCUT2D eigenvalue weighted by atomic mass is 19.4. The van der Waals surface area contributed by atoms with Gasteiger partial charge in [-0.05, 0) is 49.8 Å². The molecule has 0 radical (unpaired) electrons. The van der Waals surface area contributed by atoms with Crippen LogP contribution < -0.4 is 10.1 Å². The van der Waals surface area contributed by atoms with E-state index in [-0.39, 0.29) is 23.5 Å². The molecule has 2 aliphatic rings. The van der Waals surface area contributed by atoms with E-state index in [0.29, 0.717) is 37.6 Å². The fourth-order valence-corrected chi connectivity index (χ4v) is 4.01. The van der Waals surface area contributed by atoms with Crippen LogP contribution >= 0.6 is 0 Å². The Morgan fingerprint density at radius 3 is 2.73 bits per heavy atom. The summed E-state index contributed by atoms with van der Waals surface area (Å²) >= 11 is 0. The summed E-state index contributed by atoms with van der Waals surface area (Å²) in [4.78, 5) is 0. The molecule has 1 aliphatic heterocycles. The second-order valence-corrected chi connectivity index (χ2v) is 7.55. The summed E-state index contributed by atoms with van der Waals surface area (Å²) < 4.78 is 46.7. The van der Waals surface area contributed by atoms with E-state index in [2.05, 4.69) is 20.3 Å². The van der Waals surface area contributed by atoms with Crippen LogP contribution in [-0.2, 0) is 17.8 Å². The average molecular weight is 425 g/mol. The van der Waals surface area contributed by atoms with Crippen LogP contribution in [0.25, 0.3) is 11.3 Å². The molecule has 2 heterocycles. The third-order valence-electron chi connectivity index (χ3n) is 5.37. The van der Waals surface area contributed by atoms with Gasteiger partial charge < -0.3 is 25.0 Å². The number of ether oxygens (including phenoxy) is 2. The summed E-state index contributed by atoms with van der Waals surface area (Å²) in [5.41, 5.74) is 2.31. The average Bonchev–Trinajstić information content (AvgIpc) is 2.68. The van der Waals surface area contributed by atoms with Crippen molar-refractivity contribution in [3.05, 3.63) is 29.3 Å². The molecule has 2 aromatic rings. The van der Waals surface area contributed by atoms with Gasteiger partial charge in [-0.15, -0.1) is 23.4 Å². The highest BCUT2D eigenvalue weighted by Gasteiger charge is 2.32. The largest absolute Gasteiger partial charge is 0.573 e. The zero-order valence-corrected chi connectivity index (χ0v) is 16.1. The van der Waals surface area contributed by atoms with Gasteiger partial charge in [-0.25, -0.2) is 0 Å². The lowest BCUT2D eigenvalue weighted by Crippen LogP contribution is -2.31. The van der Waals surface area contributed by atoms with Gasteiger partial charge >= 0.3 is 6.36 Å². The summed E-state index contributed by atoms with van der Waals surface area (Å²) in [6.07, 6.45) is -1.41. The van der Waals surface area contributed by atoms with Crippen molar-refractivity contribution >= 4 is 5.82 Å². The van der Waals surface area contributed by atoms with Gasteiger partial charge in [0.05, 0.1) is 19.3 Å². The van der Waals surface area contributed by atoms with Gasteiger partial charge in [0.25, 0.3) is 0 Å². The molecule has 30 heavy (non-hydrogen) atoms. The maximum atomic E-state index is 12.4. The van der Waals surface area contributed by atoms with E-state index >= 15 is 0 Å². The van der Waals surface area contributed by atoms with Crippen molar-refractivity contribution in [1.29, 1.82) is 0 Å². The van der Waals surface area contributed by atoms with E-state index in [1.165, 1.54) is 6.07 Å². The molecule has 0 bridgehead atoms. The van der Waals surface area contributed by atoms with Crippen LogP contribution in [0.5, 0.6) is 11.5 Å². The zero-order chi connectivity index (χ0) is 21.3. The highest BCUT2D eigenvalue weighted by molar-refractivity contribution is 5.73. The van der Waals surface area contributed by atoms with Crippen molar-refractivity contribution in [3.63, 3.8) is 0 Å². The summed E-state index contributed by atoms with van der Waals surface area (Å²) in [6.45, 7) is 0.773. The van der Waals surface area contributed by atoms with E-state index < -0.39 is 12.1 Å². The number of hydrogen-bond donors (Lipinski definition) is 3. The first-order valence-corrected chi connectivity index (χ1v) is 9.80. The molecule has 0 unspecified atom stereocenters. The fraction of sp³-hybridized carbons (Fsp3) is 0.500. The third kappa shape index (κ3) is 4.59. The first kappa shape index (κ1) is 20.7. The Hall–Kier alpha value is -2.59. The van der Waals surface area contributed by atoms with Gasteiger partial charge in [0.1, 0.15) is 17.2 Å². The quantitative estimate of drug-likeness (QED) is 0.690. The van der Waals surface area contributed by atoms with Gasteiger partial charge in [-0.3, -0.25) is 0 Å². The lowest BCUT2D eigenvalue weighted by molar-refractivity contribution is -0.274. The minimum Gasteiger partial charge on any atom is -0.507 e. The van der Waals surface area contributed by atoms with E-state index in [1.807, 2.05) is 0 Å². The molecule has 0 spiro atoms. The molecule has 7 nitrogen and oxygen atoms in total. The second kappa shape index (κ2) is 8.27. The van der Waals surface area contributed by atoms with Gasteiger partial charge in [-0.1, -0.05) is 0 Å². The molecule has 0 amide bonds. The Bertz CT molecular complexity index is 923. The lowest BCUT2D eigenvalue weighted by atomic mass is 9.92. The molecule has 162 valence electrons. The molecular formula is C20H22F3N3O4. The number of aromatic nitrogens is 2. The first-order chi connectivity index (χ1) is 14.3. The number of phenolic OH excluding ortho intramolecular Hbond substituents is 1. The molecular weight excluding hydrogens is 403 g/mol. The van der Waals surface area contributed by atoms with Crippen LogP contribution in [-0.4, -0.2) is 45.5 Å². The van der Waals surface area contributed by atoms with Crippen LogP contribution in [0.4, 0.5) is 19.0 Å². The Morgan fingerprint density at radius 1 is 1.17 bits per heavy atom. The molecule has 1 saturated carbocycles. The van der Waals surface area contributed by atoms with Crippen molar-refractivity contribution in [3.8, 4) is 22.8 Å². The number of anilines is 1. The van der Waals surface area contributed by atoms with Crippen LogP contribution in [0.15, 0.2) is 18.2 Å². The Balaban J connectivity index is 1.65. The number of rotatable bonds is 4. The molecule has 1 aromatic carbocycles. The monoisotopic (exact) mass is 425 g/mol. The number of nitrogens with zero attached hydrogens (tertiary/aromatic N) is 2. The Kier molecular flexibility index (Phi) is 5.70. The van der Waals surface area contributed by atoms with Crippen LogP contribution in [0.3, 0.4) is 0 Å². The van der Waals surface area contributed by atoms with E-state index in [0.717, 1.165) is 42.5 Å². The molecule has 1 aliphatic carbocycles. The van der Waals surface area contributed by atoms with Gasteiger partial charge in [0, 0.05) is 23.2 Å². The zero-order valence-electron chi connectivity index (χ0n) is 16.1. The summed E-state index contributed by atoms with van der Waals surface area (Å²) in [7, 11) is 0. The summed E-state index contributed by atoms with van der Waals surface area (Å²) in [6, 6.07) is 3.45. The minimum atomic E-state index is -4.84. The van der Waals surface area contributed by atoms with Crippen LogP contribution in [0, 0.1) is 0 Å². The third-order valence-corrected chi connectivity index (χ3v) is 5.37. The molecule has 2 atom stereocenters. The van der Waals surface area contributed by atoms with Crippen molar-refractivity contribution in [2.24, 2.45) is 0 Å². The smallest absolute Gasteiger partial charge is 0.507 e. The van der Waals surface area contributed by atoms with Gasteiger partial charge in [-0.2, -0.15) is 0 Å². The molecule has 3 N–H and O–H groups in total. The predicted octanol–water partition coefficient (Wildman–Crippen LogP) is 3.54. The minimum absolute atomic E-state index is 0.0760. The number of phenols is 1.